The summed E-state index contributed by atoms with van der Waals surface area (Å²) in [4.78, 5) is 32.7. The van der Waals surface area contributed by atoms with E-state index in [1.54, 1.807) is 12.2 Å². The number of carboxylic acid groups (broad SMARTS) is 1. The van der Waals surface area contributed by atoms with E-state index in [2.05, 4.69) is 0 Å². The van der Waals surface area contributed by atoms with Gasteiger partial charge in [-0.15, -0.1) is 11.8 Å². The summed E-state index contributed by atoms with van der Waals surface area (Å²) in [5.74, 6) is -2.01. The molecule has 3 atom stereocenters. The van der Waals surface area contributed by atoms with Crippen molar-refractivity contribution in [2.24, 2.45) is 0 Å². The number of esters is 2. The molecule has 0 spiro atoms. The van der Waals surface area contributed by atoms with Gasteiger partial charge in [-0.3, -0.25) is 14.4 Å². The summed E-state index contributed by atoms with van der Waals surface area (Å²) in [5.41, 5.74) is 0. The largest absolute Gasteiger partial charge is 0.481 e. The summed E-state index contributed by atoms with van der Waals surface area (Å²) in [6.45, 7) is 2.55. The van der Waals surface area contributed by atoms with Crippen LogP contribution in [0.25, 0.3) is 0 Å². The third kappa shape index (κ3) is 5.34. The van der Waals surface area contributed by atoms with Crippen molar-refractivity contribution in [3.8, 4) is 0 Å². The molecule has 19 heavy (non-hydrogen) atoms. The molecule has 0 aliphatic heterocycles. The topological polar surface area (TPSA) is 89.9 Å². The van der Waals surface area contributed by atoms with E-state index < -0.39 is 30.1 Å². The molecule has 0 saturated heterocycles. The Hall–Kier alpha value is -1.50. The standard InChI is InChI=1S/C12H16O6S/c1-7(13)17-9-4-3-5-10(19-6-11(15)16)12(9)18-8(2)14/h3,5,9-10,12H,4,6H2,1-2H3,(H,15,16). The van der Waals surface area contributed by atoms with Gasteiger partial charge >= 0.3 is 17.9 Å². The van der Waals surface area contributed by atoms with Crippen LogP contribution in [0.5, 0.6) is 0 Å². The monoisotopic (exact) mass is 288 g/mol. The molecular weight excluding hydrogens is 272 g/mol. The van der Waals surface area contributed by atoms with Gasteiger partial charge in [0.2, 0.25) is 0 Å². The van der Waals surface area contributed by atoms with Gasteiger partial charge in [0.15, 0.2) is 6.10 Å². The summed E-state index contributed by atoms with van der Waals surface area (Å²) in [5, 5.41) is 8.35. The third-order valence-electron chi connectivity index (χ3n) is 2.40. The van der Waals surface area contributed by atoms with Crippen LogP contribution in [-0.2, 0) is 23.9 Å². The molecule has 0 fully saturated rings. The van der Waals surface area contributed by atoms with E-state index in [9.17, 15) is 14.4 Å². The van der Waals surface area contributed by atoms with Gasteiger partial charge in [0.25, 0.3) is 0 Å². The van der Waals surface area contributed by atoms with Crippen LogP contribution in [0.3, 0.4) is 0 Å². The molecule has 0 aromatic rings. The van der Waals surface area contributed by atoms with Crippen molar-refractivity contribution < 1.29 is 29.0 Å². The normalized spacial score (nSPS) is 25.7. The van der Waals surface area contributed by atoms with Gasteiger partial charge < -0.3 is 14.6 Å². The Labute approximate surface area is 115 Å². The smallest absolute Gasteiger partial charge is 0.313 e. The second-order valence-electron chi connectivity index (χ2n) is 4.06. The molecule has 0 saturated carbocycles. The fraction of sp³-hybridized carbons (Fsp3) is 0.583. The van der Waals surface area contributed by atoms with Crippen LogP contribution in [0.4, 0.5) is 0 Å². The Morgan fingerprint density at radius 3 is 2.42 bits per heavy atom. The lowest BCUT2D eigenvalue weighted by Crippen LogP contribution is -2.43. The van der Waals surface area contributed by atoms with Crippen molar-refractivity contribution in [1.82, 2.24) is 0 Å². The maximum Gasteiger partial charge on any atom is 0.313 e. The zero-order chi connectivity index (χ0) is 14.4. The van der Waals surface area contributed by atoms with Gasteiger partial charge in [0.05, 0.1) is 11.0 Å². The van der Waals surface area contributed by atoms with Crippen LogP contribution in [0.2, 0.25) is 0 Å². The number of aliphatic carboxylic acids is 1. The maximum absolute atomic E-state index is 11.1. The number of rotatable bonds is 5. The first kappa shape index (κ1) is 15.6. The Kier molecular flexibility index (Phi) is 5.88. The average Bonchev–Trinajstić information content (AvgIpc) is 2.28. The summed E-state index contributed by atoms with van der Waals surface area (Å²) in [7, 11) is 0. The molecule has 106 valence electrons. The number of thioether (sulfide) groups is 1. The van der Waals surface area contributed by atoms with Crippen LogP contribution in [0.15, 0.2) is 12.2 Å². The predicted octanol–water partition coefficient (Wildman–Crippen LogP) is 0.996. The highest BCUT2D eigenvalue weighted by Gasteiger charge is 2.35. The highest BCUT2D eigenvalue weighted by Crippen LogP contribution is 2.28. The molecule has 1 aliphatic carbocycles. The summed E-state index contributed by atoms with van der Waals surface area (Å²) >= 11 is 1.13. The third-order valence-corrected chi connectivity index (χ3v) is 3.63. The first-order chi connectivity index (χ1) is 8.90. The van der Waals surface area contributed by atoms with Gasteiger partial charge in [-0.1, -0.05) is 12.2 Å². The molecule has 1 N–H and O–H groups in total. The van der Waals surface area contributed by atoms with Crippen molar-refractivity contribution in [3.05, 3.63) is 12.2 Å². The van der Waals surface area contributed by atoms with E-state index in [1.807, 2.05) is 0 Å². The second kappa shape index (κ2) is 7.18. The first-order valence-corrected chi connectivity index (χ1v) is 6.79. The molecule has 0 radical (unpaired) electrons. The second-order valence-corrected chi connectivity index (χ2v) is 5.22. The minimum atomic E-state index is -0.949. The number of ether oxygens (including phenoxy) is 2. The lowest BCUT2D eigenvalue weighted by atomic mass is 10.0. The number of carbonyl (C=O) groups excluding carboxylic acids is 2. The minimum Gasteiger partial charge on any atom is -0.481 e. The van der Waals surface area contributed by atoms with Crippen LogP contribution in [0.1, 0.15) is 20.3 Å². The van der Waals surface area contributed by atoms with E-state index in [0.717, 1.165) is 11.8 Å². The number of carboxylic acids is 1. The SMILES string of the molecule is CC(=O)OC1CC=CC(SCC(=O)O)C1OC(C)=O. The van der Waals surface area contributed by atoms with Crippen LogP contribution >= 0.6 is 11.8 Å². The Bertz CT molecular complexity index is 392. The van der Waals surface area contributed by atoms with Crippen molar-refractivity contribution in [2.45, 2.75) is 37.7 Å². The zero-order valence-corrected chi connectivity index (χ0v) is 11.5. The van der Waals surface area contributed by atoms with Crippen molar-refractivity contribution in [2.75, 3.05) is 5.75 Å². The summed E-state index contributed by atoms with van der Waals surface area (Å²) in [6.07, 6.45) is 2.80. The fourth-order valence-electron chi connectivity index (χ4n) is 1.78. The molecule has 3 unspecified atom stereocenters. The number of hydrogen-bond acceptors (Lipinski definition) is 6. The van der Waals surface area contributed by atoms with Crippen molar-refractivity contribution >= 4 is 29.7 Å². The highest BCUT2D eigenvalue weighted by molar-refractivity contribution is 8.00. The highest BCUT2D eigenvalue weighted by atomic mass is 32.2. The quantitative estimate of drug-likeness (QED) is 0.596. The lowest BCUT2D eigenvalue weighted by molar-refractivity contribution is -0.164. The van der Waals surface area contributed by atoms with Gasteiger partial charge in [-0.2, -0.15) is 0 Å². The molecule has 0 aromatic heterocycles. The molecule has 1 rings (SSSR count). The molecule has 7 heteroatoms. The molecule has 1 aliphatic rings. The molecule has 6 nitrogen and oxygen atoms in total. The van der Waals surface area contributed by atoms with Gasteiger partial charge in [-0.05, 0) is 0 Å². The average molecular weight is 288 g/mol. The van der Waals surface area contributed by atoms with Crippen molar-refractivity contribution in [1.29, 1.82) is 0 Å². The van der Waals surface area contributed by atoms with Gasteiger partial charge in [0, 0.05) is 20.3 Å². The van der Waals surface area contributed by atoms with Crippen molar-refractivity contribution in [3.63, 3.8) is 0 Å². The molecule has 0 aromatic carbocycles. The molecule has 0 heterocycles. The van der Waals surface area contributed by atoms with E-state index in [0.29, 0.717) is 6.42 Å². The Morgan fingerprint density at radius 2 is 1.89 bits per heavy atom. The van der Waals surface area contributed by atoms with Gasteiger partial charge in [0.1, 0.15) is 6.10 Å². The number of carbonyl (C=O) groups is 3. The van der Waals surface area contributed by atoms with E-state index in [1.165, 1.54) is 13.8 Å². The van der Waals surface area contributed by atoms with E-state index >= 15 is 0 Å². The molecular formula is C12H16O6S. The zero-order valence-electron chi connectivity index (χ0n) is 10.7. The lowest BCUT2D eigenvalue weighted by Gasteiger charge is -2.32. The van der Waals surface area contributed by atoms with Gasteiger partial charge in [-0.25, -0.2) is 0 Å². The first-order valence-electron chi connectivity index (χ1n) is 5.74. The Balaban J connectivity index is 2.77. The summed E-state index contributed by atoms with van der Waals surface area (Å²) < 4.78 is 10.3. The maximum atomic E-state index is 11.1. The predicted molar refractivity (Wildman–Crippen MR) is 68.7 cm³/mol. The van der Waals surface area contributed by atoms with Crippen LogP contribution in [-0.4, -0.2) is 46.2 Å². The summed E-state index contributed by atoms with van der Waals surface area (Å²) in [6, 6.07) is 0. The van der Waals surface area contributed by atoms with E-state index in [4.69, 9.17) is 14.6 Å². The van der Waals surface area contributed by atoms with Crippen LogP contribution in [0, 0.1) is 0 Å². The van der Waals surface area contributed by atoms with Crippen LogP contribution < -0.4 is 0 Å². The molecule has 0 bridgehead atoms. The number of hydrogen-bond donors (Lipinski definition) is 1. The molecule has 0 amide bonds. The minimum absolute atomic E-state index is 0.112. The fourth-order valence-corrected chi connectivity index (χ4v) is 2.76. The van der Waals surface area contributed by atoms with E-state index in [-0.39, 0.29) is 11.0 Å². The Morgan fingerprint density at radius 1 is 1.26 bits per heavy atom.